The van der Waals surface area contributed by atoms with Crippen LogP contribution in [-0.2, 0) is 10.0 Å². The molecule has 1 unspecified atom stereocenters. The van der Waals surface area contributed by atoms with Crippen molar-refractivity contribution in [2.24, 2.45) is 0 Å². The maximum absolute atomic E-state index is 12.9. The smallest absolute Gasteiger partial charge is 0.251 e. The molecular formula is C17H19FN2O3S. The summed E-state index contributed by atoms with van der Waals surface area (Å²) in [7, 11) is -3.35. The number of anilines is 1. The molecule has 0 saturated heterocycles. The summed E-state index contributed by atoms with van der Waals surface area (Å²) >= 11 is 0. The summed E-state index contributed by atoms with van der Waals surface area (Å²) in [5, 5.41) is 2.81. The Morgan fingerprint density at radius 1 is 1.08 bits per heavy atom. The fraction of sp³-hybridized carbons (Fsp3) is 0.235. The van der Waals surface area contributed by atoms with Gasteiger partial charge in [0.1, 0.15) is 5.82 Å². The van der Waals surface area contributed by atoms with E-state index in [1.54, 1.807) is 38.1 Å². The van der Waals surface area contributed by atoms with E-state index in [2.05, 4.69) is 10.0 Å². The number of rotatable bonds is 6. The van der Waals surface area contributed by atoms with E-state index >= 15 is 0 Å². The molecular weight excluding hydrogens is 331 g/mol. The van der Waals surface area contributed by atoms with Gasteiger partial charge in [-0.25, -0.2) is 12.8 Å². The fourth-order valence-electron chi connectivity index (χ4n) is 2.06. The summed E-state index contributed by atoms with van der Waals surface area (Å²) in [5.41, 5.74) is 1.60. The summed E-state index contributed by atoms with van der Waals surface area (Å²) in [6, 6.07) is 11.8. The minimum absolute atomic E-state index is 0.0234. The Hall–Kier alpha value is -2.41. The third-order valence-electron chi connectivity index (χ3n) is 3.52. The second-order valence-electron chi connectivity index (χ2n) is 5.33. The van der Waals surface area contributed by atoms with E-state index < -0.39 is 10.0 Å². The van der Waals surface area contributed by atoms with Gasteiger partial charge in [-0.15, -0.1) is 0 Å². The zero-order chi connectivity index (χ0) is 17.7. The van der Waals surface area contributed by atoms with Crippen molar-refractivity contribution in [3.63, 3.8) is 0 Å². The van der Waals surface area contributed by atoms with Gasteiger partial charge in [0.15, 0.2) is 0 Å². The number of sulfonamides is 1. The molecule has 1 atom stereocenters. The summed E-state index contributed by atoms with van der Waals surface area (Å²) in [4.78, 5) is 12.2. The first-order chi connectivity index (χ1) is 11.3. The highest BCUT2D eigenvalue weighted by Crippen LogP contribution is 2.15. The highest BCUT2D eigenvalue weighted by Gasteiger charge is 2.12. The Bertz CT molecular complexity index is 803. The van der Waals surface area contributed by atoms with Gasteiger partial charge in [0.25, 0.3) is 5.91 Å². The van der Waals surface area contributed by atoms with Crippen molar-refractivity contribution >= 4 is 21.6 Å². The van der Waals surface area contributed by atoms with Crippen molar-refractivity contribution in [2.45, 2.75) is 19.9 Å². The highest BCUT2D eigenvalue weighted by atomic mass is 32.2. The second-order valence-corrected chi connectivity index (χ2v) is 7.34. The summed E-state index contributed by atoms with van der Waals surface area (Å²) in [5.74, 6) is -0.649. The molecule has 2 N–H and O–H groups in total. The number of hydrogen-bond donors (Lipinski definition) is 2. The molecule has 2 rings (SSSR count). The maximum atomic E-state index is 12.9. The Balaban J connectivity index is 2.03. The van der Waals surface area contributed by atoms with Gasteiger partial charge in [-0.1, -0.05) is 12.1 Å². The van der Waals surface area contributed by atoms with Gasteiger partial charge in [0, 0.05) is 11.3 Å². The fourth-order valence-corrected chi connectivity index (χ4v) is 2.70. The zero-order valence-electron chi connectivity index (χ0n) is 13.4. The average Bonchev–Trinajstić information content (AvgIpc) is 2.55. The molecule has 0 bridgehead atoms. The topological polar surface area (TPSA) is 75.3 Å². The zero-order valence-corrected chi connectivity index (χ0v) is 14.2. The van der Waals surface area contributed by atoms with Crippen LogP contribution in [0.5, 0.6) is 0 Å². The number of hydrogen-bond acceptors (Lipinski definition) is 3. The van der Waals surface area contributed by atoms with Crippen LogP contribution in [0.15, 0.2) is 48.5 Å². The minimum Gasteiger partial charge on any atom is -0.346 e. The first kappa shape index (κ1) is 17.9. The predicted molar refractivity (Wildman–Crippen MR) is 91.8 cm³/mol. The van der Waals surface area contributed by atoms with Crippen molar-refractivity contribution in [1.29, 1.82) is 0 Å². The van der Waals surface area contributed by atoms with E-state index in [9.17, 15) is 17.6 Å². The SMILES string of the molecule is CCS(=O)(=O)Nc1ccc(C(=O)NC(C)c2ccc(F)cc2)cc1. The summed E-state index contributed by atoms with van der Waals surface area (Å²) in [6.45, 7) is 3.34. The van der Waals surface area contributed by atoms with Crippen LogP contribution in [-0.4, -0.2) is 20.1 Å². The van der Waals surface area contributed by atoms with E-state index in [1.165, 1.54) is 24.3 Å². The number of nitrogens with one attached hydrogen (secondary N) is 2. The van der Waals surface area contributed by atoms with Crippen molar-refractivity contribution in [3.05, 3.63) is 65.5 Å². The second kappa shape index (κ2) is 7.44. The van der Waals surface area contributed by atoms with Gasteiger partial charge >= 0.3 is 0 Å². The van der Waals surface area contributed by atoms with E-state index in [0.717, 1.165) is 5.56 Å². The minimum atomic E-state index is -3.35. The van der Waals surface area contributed by atoms with Crippen LogP contribution in [0.25, 0.3) is 0 Å². The summed E-state index contributed by atoms with van der Waals surface area (Å²) in [6.07, 6.45) is 0. The standard InChI is InChI=1S/C17H19FN2O3S/c1-3-24(22,23)20-16-10-6-14(7-11-16)17(21)19-12(2)13-4-8-15(18)9-5-13/h4-12,20H,3H2,1-2H3,(H,19,21). The molecule has 24 heavy (non-hydrogen) atoms. The number of benzene rings is 2. The van der Waals surface area contributed by atoms with Gasteiger partial charge in [-0.3, -0.25) is 9.52 Å². The van der Waals surface area contributed by atoms with Crippen molar-refractivity contribution in [1.82, 2.24) is 5.32 Å². The van der Waals surface area contributed by atoms with Gasteiger partial charge in [0.2, 0.25) is 10.0 Å². The quantitative estimate of drug-likeness (QED) is 0.841. The molecule has 0 heterocycles. The van der Waals surface area contributed by atoms with Gasteiger partial charge in [0.05, 0.1) is 11.8 Å². The molecule has 128 valence electrons. The molecule has 0 radical (unpaired) electrons. The largest absolute Gasteiger partial charge is 0.346 e. The molecule has 7 heteroatoms. The molecule has 1 amide bonds. The molecule has 0 fully saturated rings. The first-order valence-corrected chi connectivity index (χ1v) is 9.13. The average molecular weight is 350 g/mol. The van der Waals surface area contributed by atoms with Crippen molar-refractivity contribution in [2.75, 3.05) is 10.5 Å². The van der Waals surface area contributed by atoms with Gasteiger partial charge in [-0.2, -0.15) is 0 Å². The lowest BCUT2D eigenvalue weighted by molar-refractivity contribution is 0.0940. The molecule has 0 aromatic heterocycles. The number of carbonyl (C=O) groups excluding carboxylic acids is 1. The number of carbonyl (C=O) groups is 1. The molecule has 5 nitrogen and oxygen atoms in total. The molecule has 2 aromatic carbocycles. The Kier molecular flexibility index (Phi) is 5.56. The Morgan fingerprint density at radius 3 is 2.21 bits per heavy atom. The van der Waals surface area contributed by atoms with Crippen LogP contribution < -0.4 is 10.0 Å². The monoisotopic (exact) mass is 350 g/mol. The van der Waals surface area contributed by atoms with E-state index in [0.29, 0.717) is 11.3 Å². The van der Waals surface area contributed by atoms with Crippen LogP contribution in [0, 0.1) is 5.82 Å². The first-order valence-electron chi connectivity index (χ1n) is 7.47. The molecule has 0 aliphatic heterocycles. The highest BCUT2D eigenvalue weighted by molar-refractivity contribution is 7.92. The van der Waals surface area contributed by atoms with Crippen LogP contribution in [0.2, 0.25) is 0 Å². The Labute approximate surface area is 141 Å². The third kappa shape index (κ3) is 4.79. The third-order valence-corrected chi connectivity index (χ3v) is 4.82. The molecule has 0 aliphatic rings. The van der Waals surface area contributed by atoms with Crippen LogP contribution in [0.3, 0.4) is 0 Å². The van der Waals surface area contributed by atoms with E-state index in [1.807, 2.05) is 0 Å². The van der Waals surface area contributed by atoms with Crippen LogP contribution in [0.4, 0.5) is 10.1 Å². The predicted octanol–water partition coefficient (Wildman–Crippen LogP) is 3.08. The molecule has 0 saturated carbocycles. The lowest BCUT2D eigenvalue weighted by Gasteiger charge is -2.14. The van der Waals surface area contributed by atoms with Crippen molar-refractivity contribution in [3.8, 4) is 0 Å². The van der Waals surface area contributed by atoms with Crippen LogP contribution >= 0.6 is 0 Å². The van der Waals surface area contributed by atoms with Crippen molar-refractivity contribution < 1.29 is 17.6 Å². The number of halogens is 1. The van der Waals surface area contributed by atoms with Gasteiger partial charge in [-0.05, 0) is 55.8 Å². The maximum Gasteiger partial charge on any atom is 0.251 e. The lowest BCUT2D eigenvalue weighted by atomic mass is 10.1. The molecule has 2 aromatic rings. The number of amides is 1. The van der Waals surface area contributed by atoms with Gasteiger partial charge < -0.3 is 5.32 Å². The van der Waals surface area contributed by atoms with E-state index in [-0.39, 0.29) is 23.5 Å². The van der Waals surface area contributed by atoms with Crippen LogP contribution in [0.1, 0.15) is 35.8 Å². The normalized spacial score (nSPS) is 12.5. The summed E-state index contributed by atoms with van der Waals surface area (Å²) < 4.78 is 38.3. The lowest BCUT2D eigenvalue weighted by Crippen LogP contribution is -2.26. The Morgan fingerprint density at radius 2 is 1.67 bits per heavy atom. The van der Waals surface area contributed by atoms with E-state index in [4.69, 9.17) is 0 Å². The molecule has 0 aliphatic carbocycles. The molecule has 0 spiro atoms.